The zero-order chi connectivity index (χ0) is 13.8. The number of fused-ring (bicyclic) bond motifs is 1. The van der Waals surface area contributed by atoms with E-state index < -0.39 is 0 Å². The maximum absolute atomic E-state index is 11.5. The topological polar surface area (TPSA) is 68.5 Å². The van der Waals surface area contributed by atoms with Crippen molar-refractivity contribution in [2.24, 2.45) is 4.99 Å². The van der Waals surface area contributed by atoms with Crippen LogP contribution in [0.15, 0.2) is 23.2 Å². The summed E-state index contributed by atoms with van der Waals surface area (Å²) < 4.78 is 0. The molecular formula is C13H14N4OS. The first kappa shape index (κ1) is 13.4. The average Bonchev–Trinajstić information content (AvgIpc) is 2.81. The molecule has 2 rings (SSSR count). The Morgan fingerprint density at radius 2 is 2.37 bits per heavy atom. The summed E-state index contributed by atoms with van der Waals surface area (Å²) in [7, 11) is 0. The van der Waals surface area contributed by atoms with Crippen molar-refractivity contribution < 1.29 is 4.79 Å². The summed E-state index contributed by atoms with van der Waals surface area (Å²) in [6.45, 7) is 2.29. The molecule has 0 unspecified atom stereocenters. The van der Waals surface area contributed by atoms with Gasteiger partial charge < -0.3 is 4.90 Å². The number of nitrogens with one attached hydrogen (secondary N) is 1. The van der Waals surface area contributed by atoms with Crippen molar-refractivity contribution in [1.29, 1.82) is 5.26 Å². The number of amides is 1. The zero-order valence-corrected chi connectivity index (χ0v) is 11.6. The highest BCUT2D eigenvalue weighted by Crippen LogP contribution is 2.32. The lowest BCUT2D eigenvalue weighted by Gasteiger charge is -2.14. The van der Waals surface area contributed by atoms with E-state index >= 15 is 0 Å². The summed E-state index contributed by atoms with van der Waals surface area (Å²) in [6, 6.07) is 5.78. The molecular weight excluding hydrogens is 260 g/mol. The van der Waals surface area contributed by atoms with Crippen LogP contribution in [0.3, 0.4) is 0 Å². The highest BCUT2D eigenvalue weighted by molar-refractivity contribution is 8.13. The number of aliphatic imine (C=N–C) groups is 1. The third-order valence-corrected chi connectivity index (χ3v) is 3.51. The molecule has 1 heterocycles. The van der Waals surface area contributed by atoms with Gasteiger partial charge in [0.2, 0.25) is 5.91 Å². The summed E-state index contributed by atoms with van der Waals surface area (Å²) in [5.74, 6) is 0.0418. The molecule has 98 valence electrons. The number of amidine groups is 1. The van der Waals surface area contributed by atoms with Gasteiger partial charge in [-0.25, -0.2) is 4.99 Å². The standard InChI is InChI=1S/C13H14N4OS/c1-9(18)17-6-5-10-3-4-11(7-12(10)17)16-13(19-2)15-8-14/h3-4,7H,5-6H2,1-2H3,(H,15,16). The molecule has 0 aromatic heterocycles. The molecule has 0 saturated heterocycles. The molecule has 0 fully saturated rings. The first-order chi connectivity index (χ1) is 9.15. The van der Waals surface area contributed by atoms with Crippen LogP contribution >= 0.6 is 11.8 Å². The second kappa shape index (κ2) is 5.76. The maximum Gasteiger partial charge on any atom is 0.223 e. The number of rotatable bonds is 1. The molecule has 1 aliphatic heterocycles. The van der Waals surface area contributed by atoms with Crippen LogP contribution in [0, 0.1) is 11.5 Å². The molecule has 0 radical (unpaired) electrons. The van der Waals surface area contributed by atoms with E-state index in [1.165, 1.54) is 11.8 Å². The van der Waals surface area contributed by atoms with Gasteiger partial charge in [0.15, 0.2) is 11.4 Å². The molecule has 0 atom stereocenters. The monoisotopic (exact) mass is 274 g/mol. The number of hydrogen-bond acceptors (Lipinski definition) is 4. The van der Waals surface area contributed by atoms with Crippen LogP contribution in [0.5, 0.6) is 0 Å². The maximum atomic E-state index is 11.5. The first-order valence-electron chi connectivity index (χ1n) is 5.84. The van der Waals surface area contributed by atoms with Crippen molar-refractivity contribution in [3.8, 4) is 6.19 Å². The molecule has 1 aromatic carbocycles. The minimum Gasteiger partial charge on any atom is -0.312 e. The summed E-state index contributed by atoms with van der Waals surface area (Å²) in [4.78, 5) is 17.6. The van der Waals surface area contributed by atoms with Crippen LogP contribution in [0.4, 0.5) is 11.4 Å². The van der Waals surface area contributed by atoms with Crippen LogP contribution < -0.4 is 10.2 Å². The van der Waals surface area contributed by atoms with Gasteiger partial charge in [0.05, 0.1) is 5.69 Å². The molecule has 1 N–H and O–H groups in total. The predicted molar refractivity (Wildman–Crippen MR) is 77.5 cm³/mol. The van der Waals surface area contributed by atoms with Gasteiger partial charge >= 0.3 is 0 Å². The molecule has 5 nitrogen and oxygen atoms in total. The van der Waals surface area contributed by atoms with E-state index in [0.29, 0.717) is 5.17 Å². The van der Waals surface area contributed by atoms with Crippen LogP contribution in [0.2, 0.25) is 0 Å². The van der Waals surface area contributed by atoms with Gasteiger partial charge in [-0.1, -0.05) is 17.8 Å². The lowest BCUT2D eigenvalue weighted by molar-refractivity contribution is -0.116. The normalized spacial score (nSPS) is 13.9. The van der Waals surface area contributed by atoms with Crippen LogP contribution in [-0.4, -0.2) is 23.9 Å². The highest BCUT2D eigenvalue weighted by atomic mass is 32.2. The highest BCUT2D eigenvalue weighted by Gasteiger charge is 2.22. The number of carbonyl (C=O) groups is 1. The predicted octanol–water partition coefficient (Wildman–Crippen LogP) is 2.02. The zero-order valence-electron chi connectivity index (χ0n) is 10.8. The summed E-state index contributed by atoms with van der Waals surface area (Å²) in [5.41, 5.74) is 2.82. The molecule has 0 saturated carbocycles. The third-order valence-electron chi connectivity index (χ3n) is 2.93. The average molecular weight is 274 g/mol. The van der Waals surface area contributed by atoms with Crippen molar-refractivity contribution in [1.82, 2.24) is 5.32 Å². The van der Waals surface area contributed by atoms with Crippen molar-refractivity contribution in [3.63, 3.8) is 0 Å². The van der Waals surface area contributed by atoms with E-state index in [4.69, 9.17) is 5.26 Å². The Morgan fingerprint density at radius 3 is 3.00 bits per heavy atom. The van der Waals surface area contributed by atoms with Gasteiger partial charge in [0.25, 0.3) is 0 Å². The second-order valence-electron chi connectivity index (χ2n) is 4.09. The molecule has 1 aromatic rings. The molecule has 19 heavy (non-hydrogen) atoms. The van der Waals surface area contributed by atoms with Crippen LogP contribution in [0.1, 0.15) is 12.5 Å². The van der Waals surface area contributed by atoms with Gasteiger partial charge in [0.1, 0.15) is 0 Å². The fraction of sp³-hybridized carbons (Fsp3) is 0.308. The Hall–Kier alpha value is -2.00. The lowest BCUT2D eigenvalue weighted by atomic mass is 10.1. The number of carbonyl (C=O) groups excluding carboxylic acids is 1. The number of benzene rings is 1. The Bertz CT molecular complexity index is 576. The van der Waals surface area contributed by atoms with Crippen LogP contribution in [0.25, 0.3) is 0 Å². The summed E-state index contributed by atoms with van der Waals surface area (Å²) in [5, 5.41) is 11.7. The Balaban J connectivity index is 2.33. The van der Waals surface area contributed by atoms with Crippen molar-refractivity contribution in [2.45, 2.75) is 13.3 Å². The minimum absolute atomic E-state index is 0.0418. The Labute approximate surface area is 116 Å². The Morgan fingerprint density at radius 1 is 1.58 bits per heavy atom. The van der Waals surface area contributed by atoms with Gasteiger partial charge in [-0.3, -0.25) is 10.1 Å². The van der Waals surface area contributed by atoms with Crippen LogP contribution in [-0.2, 0) is 11.2 Å². The van der Waals surface area contributed by atoms with Crippen molar-refractivity contribution >= 4 is 34.2 Å². The van der Waals surface area contributed by atoms with Gasteiger partial charge in [-0.05, 0) is 30.4 Å². The van der Waals surface area contributed by atoms with Gasteiger partial charge in [0, 0.05) is 19.2 Å². The molecule has 0 spiro atoms. The molecule has 0 aliphatic carbocycles. The quantitative estimate of drug-likeness (QED) is 0.368. The minimum atomic E-state index is 0.0418. The number of hydrogen-bond donors (Lipinski definition) is 1. The van der Waals surface area contributed by atoms with E-state index in [0.717, 1.165) is 29.9 Å². The molecule has 1 amide bonds. The summed E-state index contributed by atoms with van der Waals surface area (Å²) >= 11 is 1.37. The summed E-state index contributed by atoms with van der Waals surface area (Å²) in [6.07, 6.45) is 4.58. The molecule has 0 bridgehead atoms. The molecule has 1 aliphatic rings. The van der Waals surface area contributed by atoms with E-state index in [2.05, 4.69) is 10.3 Å². The van der Waals surface area contributed by atoms with E-state index in [1.807, 2.05) is 30.6 Å². The SMILES string of the molecule is CSC(=Nc1ccc2c(c1)N(C(C)=O)CC2)NC#N. The second-order valence-corrected chi connectivity index (χ2v) is 4.89. The van der Waals surface area contributed by atoms with Gasteiger partial charge in [-0.2, -0.15) is 5.26 Å². The van der Waals surface area contributed by atoms with Crippen molar-refractivity contribution in [3.05, 3.63) is 23.8 Å². The van der Waals surface area contributed by atoms with E-state index in [1.54, 1.807) is 11.8 Å². The van der Waals surface area contributed by atoms with Gasteiger partial charge in [-0.15, -0.1) is 0 Å². The lowest BCUT2D eigenvalue weighted by Crippen LogP contribution is -2.25. The fourth-order valence-electron chi connectivity index (χ4n) is 2.05. The number of thioether (sulfide) groups is 1. The number of nitrogens with zero attached hydrogens (tertiary/aromatic N) is 3. The Kier molecular flexibility index (Phi) is 4.07. The number of nitriles is 1. The first-order valence-corrected chi connectivity index (χ1v) is 7.07. The largest absolute Gasteiger partial charge is 0.312 e. The van der Waals surface area contributed by atoms with E-state index in [-0.39, 0.29) is 5.91 Å². The molecule has 6 heteroatoms. The third kappa shape index (κ3) is 2.88. The number of anilines is 1. The fourth-order valence-corrected chi connectivity index (χ4v) is 2.40. The van der Waals surface area contributed by atoms with Crippen molar-refractivity contribution in [2.75, 3.05) is 17.7 Å². The van der Waals surface area contributed by atoms with E-state index in [9.17, 15) is 4.79 Å². The smallest absolute Gasteiger partial charge is 0.223 e.